The summed E-state index contributed by atoms with van der Waals surface area (Å²) in [7, 11) is 0. The van der Waals surface area contributed by atoms with E-state index in [2.05, 4.69) is 10.1 Å². The van der Waals surface area contributed by atoms with E-state index in [9.17, 15) is 0 Å². The number of halogens is 1. The topological polar surface area (TPSA) is 45.5 Å². The Morgan fingerprint density at radius 1 is 1.12 bits per heavy atom. The minimum atomic E-state index is 0.428. The van der Waals surface area contributed by atoms with E-state index >= 15 is 0 Å². The first kappa shape index (κ1) is 10.6. The molecular weight excluding hydrogens is 224 g/mol. The Balaban J connectivity index is 2.42. The first-order valence-corrected chi connectivity index (χ1v) is 5.08. The molecule has 0 aliphatic rings. The minimum absolute atomic E-state index is 0.428. The van der Waals surface area contributed by atoms with E-state index < -0.39 is 0 Å². The van der Waals surface area contributed by atoms with Gasteiger partial charge in [-0.3, -0.25) is 4.98 Å². The third-order valence-corrected chi connectivity index (χ3v) is 2.38. The number of rotatable bonds is 2. The van der Waals surface area contributed by atoms with Gasteiger partial charge in [0.25, 0.3) is 0 Å². The summed E-state index contributed by atoms with van der Waals surface area (Å²) in [6, 6.07) is 12.5. The van der Waals surface area contributed by atoms with Gasteiger partial charge in [-0.2, -0.15) is 0 Å². The summed E-state index contributed by atoms with van der Waals surface area (Å²) >= 11 is 5.79. The van der Waals surface area contributed by atoms with Crippen molar-refractivity contribution in [3.63, 3.8) is 0 Å². The van der Waals surface area contributed by atoms with Crippen LogP contribution >= 0.6 is 11.6 Å². The van der Waals surface area contributed by atoms with Crippen LogP contribution in [0.25, 0.3) is 0 Å². The molecule has 4 heteroatoms. The molecule has 0 aliphatic carbocycles. The molecule has 0 atom stereocenters. The molecule has 80 valence electrons. The molecular formula is C12H9ClN2O. The van der Waals surface area contributed by atoms with E-state index in [1.807, 2.05) is 6.07 Å². The van der Waals surface area contributed by atoms with Gasteiger partial charge in [-0.15, -0.1) is 0 Å². The standard InChI is InChI=1S/C12H9ClN2O/c13-10-6-4-9(5-7-10)12(15-16)11-3-1-2-8-14-11/h1-8,16H. The monoisotopic (exact) mass is 232 g/mol. The molecule has 3 nitrogen and oxygen atoms in total. The second kappa shape index (κ2) is 4.77. The maximum Gasteiger partial charge on any atom is 0.135 e. The lowest BCUT2D eigenvalue weighted by atomic mass is 10.1. The Kier molecular flexibility index (Phi) is 3.17. The molecule has 0 unspecified atom stereocenters. The number of oxime groups is 1. The minimum Gasteiger partial charge on any atom is -0.410 e. The normalized spacial score (nSPS) is 11.4. The molecule has 0 saturated carbocycles. The highest BCUT2D eigenvalue weighted by atomic mass is 35.5. The van der Waals surface area contributed by atoms with Gasteiger partial charge in [-0.05, 0) is 24.3 Å². The average molecular weight is 233 g/mol. The molecule has 0 spiro atoms. The van der Waals surface area contributed by atoms with E-state index in [0.717, 1.165) is 5.56 Å². The van der Waals surface area contributed by atoms with Gasteiger partial charge in [0.15, 0.2) is 0 Å². The fourth-order valence-corrected chi connectivity index (χ4v) is 1.49. The number of hydrogen-bond acceptors (Lipinski definition) is 3. The van der Waals surface area contributed by atoms with E-state index in [0.29, 0.717) is 16.4 Å². The van der Waals surface area contributed by atoms with Gasteiger partial charge in [0, 0.05) is 16.8 Å². The third-order valence-electron chi connectivity index (χ3n) is 2.13. The molecule has 0 saturated heterocycles. The van der Waals surface area contributed by atoms with Crippen LogP contribution in [0, 0.1) is 0 Å². The van der Waals surface area contributed by atoms with Gasteiger partial charge in [-0.1, -0.05) is 35.0 Å². The van der Waals surface area contributed by atoms with Crippen LogP contribution < -0.4 is 0 Å². The van der Waals surface area contributed by atoms with Crippen molar-refractivity contribution >= 4 is 17.3 Å². The number of pyridine rings is 1. The summed E-state index contributed by atoms with van der Waals surface area (Å²) in [5.74, 6) is 0. The van der Waals surface area contributed by atoms with Crippen molar-refractivity contribution in [1.29, 1.82) is 0 Å². The van der Waals surface area contributed by atoms with Crippen LogP contribution in [0.4, 0.5) is 0 Å². The zero-order valence-electron chi connectivity index (χ0n) is 8.34. The van der Waals surface area contributed by atoms with Gasteiger partial charge >= 0.3 is 0 Å². The van der Waals surface area contributed by atoms with E-state index in [-0.39, 0.29) is 0 Å². The van der Waals surface area contributed by atoms with Crippen molar-refractivity contribution < 1.29 is 5.21 Å². The summed E-state index contributed by atoms with van der Waals surface area (Å²) in [4.78, 5) is 4.12. The molecule has 1 heterocycles. The first-order valence-electron chi connectivity index (χ1n) is 4.70. The first-order chi connectivity index (χ1) is 7.81. The fourth-order valence-electron chi connectivity index (χ4n) is 1.37. The summed E-state index contributed by atoms with van der Waals surface area (Å²) in [5, 5.41) is 12.9. The number of benzene rings is 1. The number of nitrogens with zero attached hydrogens (tertiary/aromatic N) is 2. The molecule has 2 aromatic rings. The molecule has 0 radical (unpaired) electrons. The van der Waals surface area contributed by atoms with E-state index in [1.54, 1.807) is 42.6 Å². The average Bonchev–Trinajstić information content (AvgIpc) is 2.34. The van der Waals surface area contributed by atoms with Crippen LogP contribution in [0.3, 0.4) is 0 Å². The fraction of sp³-hybridized carbons (Fsp3) is 0. The third kappa shape index (κ3) is 2.20. The smallest absolute Gasteiger partial charge is 0.135 e. The highest BCUT2D eigenvalue weighted by molar-refractivity contribution is 6.30. The molecule has 0 amide bonds. The van der Waals surface area contributed by atoms with Crippen LogP contribution in [0.5, 0.6) is 0 Å². The number of aromatic nitrogens is 1. The predicted octanol–water partition coefficient (Wildman–Crippen LogP) is 2.96. The highest BCUT2D eigenvalue weighted by Crippen LogP contribution is 2.13. The summed E-state index contributed by atoms with van der Waals surface area (Å²) in [6.45, 7) is 0. The van der Waals surface area contributed by atoms with Gasteiger partial charge in [0.2, 0.25) is 0 Å². The van der Waals surface area contributed by atoms with Crippen LogP contribution in [0.15, 0.2) is 53.8 Å². The summed E-state index contributed by atoms with van der Waals surface area (Å²) in [5.41, 5.74) is 1.81. The van der Waals surface area contributed by atoms with Gasteiger partial charge < -0.3 is 5.21 Å². The molecule has 0 bridgehead atoms. The van der Waals surface area contributed by atoms with Gasteiger partial charge in [0.1, 0.15) is 5.71 Å². The zero-order chi connectivity index (χ0) is 11.4. The largest absolute Gasteiger partial charge is 0.410 e. The quantitative estimate of drug-likeness (QED) is 0.492. The molecule has 1 aromatic heterocycles. The second-order valence-corrected chi connectivity index (χ2v) is 3.61. The number of hydrogen-bond donors (Lipinski definition) is 1. The van der Waals surface area contributed by atoms with Crippen LogP contribution in [0.1, 0.15) is 11.3 Å². The Morgan fingerprint density at radius 3 is 2.44 bits per heavy atom. The lowest BCUT2D eigenvalue weighted by molar-refractivity contribution is 0.319. The lowest BCUT2D eigenvalue weighted by Gasteiger charge is -2.03. The molecule has 0 aliphatic heterocycles. The van der Waals surface area contributed by atoms with Crippen molar-refractivity contribution in [2.45, 2.75) is 0 Å². The Bertz CT molecular complexity index is 494. The summed E-state index contributed by atoms with van der Waals surface area (Å²) < 4.78 is 0. The Labute approximate surface area is 98.0 Å². The zero-order valence-corrected chi connectivity index (χ0v) is 9.09. The highest BCUT2D eigenvalue weighted by Gasteiger charge is 2.07. The van der Waals surface area contributed by atoms with Crippen molar-refractivity contribution in [3.05, 3.63) is 64.9 Å². The SMILES string of the molecule is ON=C(c1ccc(Cl)cc1)c1ccccn1. The Morgan fingerprint density at radius 2 is 1.88 bits per heavy atom. The second-order valence-electron chi connectivity index (χ2n) is 3.17. The van der Waals surface area contributed by atoms with Crippen LogP contribution in [0.2, 0.25) is 5.02 Å². The molecule has 1 N–H and O–H groups in total. The Hall–Kier alpha value is -1.87. The van der Waals surface area contributed by atoms with Crippen molar-refractivity contribution in [2.24, 2.45) is 5.16 Å². The molecule has 0 fully saturated rings. The van der Waals surface area contributed by atoms with Gasteiger partial charge in [-0.25, -0.2) is 0 Å². The van der Waals surface area contributed by atoms with Crippen LogP contribution in [-0.2, 0) is 0 Å². The maximum absolute atomic E-state index is 9.02. The molecule has 1 aromatic carbocycles. The summed E-state index contributed by atoms with van der Waals surface area (Å²) in [6.07, 6.45) is 1.65. The maximum atomic E-state index is 9.02. The van der Waals surface area contributed by atoms with Crippen molar-refractivity contribution in [3.8, 4) is 0 Å². The molecule has 16 heavy (non-hydrogen) atoms. The van der Waals surface area contributed by atoms with Crippen LogP contribution in [-0.4, -0.2) is 15.9 Å². The van der Waals surface area contributed by atoms with E-state index in [1.165, 1.54) is 0 Å². The lowest BCUT2D eigenvalue weighted by Crippen LogP contribution is -2.05. The van der Waals surface area contributed by atoms with Gasteiger partial charge in [0.05, 0.1) is 5.69 Å². The van der Waals surface area contributed by atoms with Crippen molar-refractivity contribution in [2.75, 3.05) is 0 Å². The predicted molar refractivity (Wildman–Crippen MR) is 63.1 cm³/mol. The molecule has 2 rings (SSSR count). The van der Waals surface area contributed by atoms with E-state index in [4.69, 9.17) is 16.8 Å². The van der Waals surface area contributed by atoms with Crippen molar-refractivity contribution in [1.82, 2.24) is 4.98 Å².